The van der Waals surface area contributed by atoms with Crippen LogP contribution >= 0.6 is 0 Å². The van der Waals surface area contributed by atoms with Gasteiger partial charge in [0.2, 0.25) is 5.91 Å². The summed E-state index contributed by atoms with van der Waals surface area (Å²) in [5.41, 5.74) is 17.7. The van der Waals surface area contributed by atoms with Gasteiger partial charge in [0, 0.05) is 0 Å². The summed E-state index contributed by atoms with van der Waals surface area (Å²) in [5, 5.41) is 0. The van der Waals surface area contributed by atoms with E-state index in [2.05, 4.69) is 0 Å². The van der Waals surface area contributed by atoms with Gasteiger partial charge in [-0.2, -0.15) is 0 Å². The Morgan fingerprint density at radius 1 is 1.33 bits per heavy atom. The number of para-hydroxylation sites is 1. The van der Waals surface area contributed by atoms with Gasteiger partial charge in [0.05, 0.1) is 17.8 Å². The van der Waals surface area contributed by atoms with Gasteiger partial charge in [-0.1, -0.05) is 12.1 Å². The van der Waals surface area contributed by atoms with E-state index in [0.717, 1.165) is 0 Å². The maximum absolute atomic E-state index is 10.6. The van der Waals surface area contributed by atoms with Gasteiger partial charge in [0.1, 0.15) is 0 Å². The summed E-state index contributed by atoms with van der Waals surface area (Å²) in [5.74, 6) is -0.410. The molecule has 0 aliphatic heterocycles. The molecule has 1 amide bonds. The van der Waals surface area contributed by atoms with Crippen molar-refractivity contribution in [3.8, 4) is 0 Å². The van der Waals surface area contributed by atoms with Gasteiger partial charge >= 0.3 is 0 Å². The highest BCUT2D eigenvalue weighted by molar-refractivity contribution is 5.80. The molecule has 12 heavy (non-hydrogen) atoms. The van der Waals surface area contributed by atoms with Crippen LogP contribution < -0.4 is 17.2 Å². The Hall–Kier alpha value is -1.71. The number of carbonyl (C=O) groups is 1. The average Bonchev–Trinajstić information content (AvgIpc) is 1.98. The van der Waals surface area contributed by atoms with Crippen molar-refractivity contribution in [1.82, 2.24) is 0 Å². The number of hydrogen-bond acceptors (Lipinski definition) is 3. The van der Waals surface area contributed by atoms with Gasteiger partial charge in [0.15, 0.2) is 0 Å². The van der Waals surface area contributed by atoms with Crippen LogP contribution in [0.5, 0.6) is 0 Å². The molecule has 1 aromatic rings. The van der Waals surface area contributed by atoms with Crippen LogP contribution in [0.3, 0.4) is 0 Å². The van der Waals surface area contributed by atoms with Crippen molar-refractivity contribution in [3.05, 3.63) is 23.8 Å². The molecule has 0 saturated carbocycles. The van der Waals surface area contributed by atoms with Crippen molar-refractivity contribution in [3.63, 3.8) is 0 Å². The molecular weight excluding hydrogens is 154 g/mol. The fraction of sp³-hybridized carbons (Fsp3) is 0.125. The predicted molar refractivity (Wildman–Crippen MR) is 48.2 cm³/mol. The first-order valence-electron chi connectivity index (χ1n) is 3.52. The van der Waals surface area contributed by atoms with E-state index in [-0.39, 0.29) is 6.42 Å². The minimum absolute atomic E-state index is 0.136. The van der Waals surface area contributed by atoms with Crippen LogP contribution in [-0.4, -0.2) is 5.91 Å². The molecule has 0 fully saturated rings. The normalized spacial score (nSPS) is 9.67. The van der Waals surface area contributed by atoms with Crippen LogP contribution in [0.2, 0.25) is 0 Å². The minimum Gasteiger partial charge on any atom is -0.397 e. The first-order valence-corrected chi connectivity index (χ1v) is 3.52. The Balaban J connectivity index is 3.00. The lowest BCUT2D eigenvalue weighted by Gasteiger charge is -2.04. The Bertz CT molecular complexity index is 309. The van der Waals surface area contributed by atoms with Crippen molar-refractivity contribution >= 4 is 17.3 Å². The zero-order chi connectivity index (χ0) is 9.14. The zero-order valence-electron chi connectivity index (χ0n) is 6.58. The quantitative estimate of drug-likeness (QED) is 0.533. The first kappa shape index (κ1) is 8.39. The molecule has 6 N–H and O–H groups in total. The fourth-order valence-corrected chi connectivity index (χ4v) is 0.975. The summed E-state index contributed by atoms with van der Waals surface area (Å²) in [6, 6.07) is 5.15. The van der Waals surface area contributed by atoms with Crippen molar-refractivity contribution in [2.45, 2.75) is 6.42 Å². The molecule has 0 aliphatic rings. The van der Waals surface area contributed by atoms with Crippen molar-refractivity contribution in [2.75, 3.05) is 11.5 Å². The third-order valence-corrected chi connectivity index (χ3v) is 1.59. The van der Waals surface area contributed by atoms with E-state index in [9.17, 15) is 4.79 Å². The lowest BCUT2D eigenvalue weighted by Crippen LogP contribution is -2.15. The monoisotopic (exact) mass is 165 g/mol. The molecule has 4 nitrogen and oxygen atoms in total. The number of anilines is 2. The average molecular weight is 165 g/mol. The fourth-order valence-electron chi connectivity index (χ4n) is 0.975. The van der Waals surface area contributed by atoms with Gasteiger partial charge in [0.25, 0.3) is 0 Å². The van der Waals surface area contributed by atoms with E-state index in [4.69, 9.17) is 17.2 Å². The van der Waals surface area contributed by atoms with Crippen LogP contribution in [0.1, 0.15) is 5.56 Å². The van der Waals surface area contributed by atoms with Gasteiger partial charge in [-0.05, 0) is 11.6 Å². The molecule has 0 aliphatic carbocycles. The van der Waals surface area contributed by atoms with Crippen LogP contribution in [0.25, 0.3) is 0 Å². The third-order valence-electron chi connectivity index (χ3n) is 1.59. The summed E-state index contributed by atoms with van der Waals surface area (Å²) in [6.45, 7) is 0. The van der Waals surface area contributed by atoms with Crippen LogP contribution in [0.4, 0.5) is 11.4 Å². The summed E-state index contributed by atoms with van der Waals surface area (Å²) in [6.07, 6.45) is 0.136. The number of rotatable bonds is 2. The number of hydrogen-bond donors (Lipinski definition) is 3. The first-order chi connectivity index (χ1) is 5.61. The maximum Gasteiger partial charge on any atom is 0.221 e. The van der Waals surface area contributed by atoms with Crippen LogP contribution in [0.15, 0.2) is 18.2 Å². The van der Waals surface area contributed by atoms with E-state index < -0.39 is 5.91 Å². The number of primary amides is 1. The summed E-state index contributed by atoms with van der Waals surface area (Å²) >= 11 is 0. The number of carbonyl (C=O) groups excluding carboxylic acids is 1. The highest BCUT2D eigenvalue weighted by Gasteiger charge is 2.04. The second-order valence-corrected chi connectivity index (χ2v) is 2.56. The Kier molecular flexibility index (Phi) is 2.19. The molecular formula is C8H11N3O. The Labute approximate surface area is 70.3 Å². The number of benzene rings is 1. The Morgan fingerprint density at radius 2 is 2.00 bits per heavy atom. The zero-order valence-corrected chi connectivity index (χ0v) is 6.58. The molecule has 1 aromatic carbocycles. The summed E-state index contributed by atoms with van der Waals surface area (Å²) in [4.78, 5) is 10.6. The molecule has 0 bridgehead atoms. The highest BCUT2D eigenvalue weighted by atomic mass is 16.1. The van der Waals surface area contributed by atoms with E-state index in [1.54, 1.807) is 18.2 Å². The van der Waals surface area contributed by atoms with E-state index in [0.29, 0.717) is 16.9 Å². The molecule has 0 radical (unpaired) electrons. The number of nitrogen functional groups attached to an aromatic ring is 2. The molecule has 4 heteroatoms. The topological polar surface area (TPSA) is 95.1 Å². The molecule has 0 saturated heterocycles. The lowest BCUT2D eigenvalue weighted by atomic mass is 10.1. The van der Waals surface area contributed by atoms with Gasteiger partial charge in [-0.3, -0.25) is 4.79 Å². The standard InChI is InChI=1S/C8H11N3O/c9-6-3-1-2-5(8(6)11)4-7(10)12/h1-3H,4,9,11H2,(H2,10,12). The minimum atomic E-state index is -0.410. The Morgan fingerprint density at radius 3 is 2.58 bits per heavy atom. The van der Waals surface area contributed by atoms with Crippen molar-refractivity contribution in [2.24, 2.45) is 5.73 Å². The van der Waals surface area contributed by atoms with Crippen LogP contribution in [-0.2, 0) is 11.2 Å². The smallest absolute Gasteiger partial charge is 0.221 e. The summed E-state index contributed by atoms with van der Waals surface area (Å²) < 4.78 is 0. The molecule has 0 atom stereocenters. The number of amides is 1. The van der Waals surface area contributed by atoms with Crippen LogP contribution in [0, 0.1) is 0 Å². The number of nitrogens with two attached hydrogens (primary N) is 3. The molecule has 1 rings (SSSR count). The van der Waals surface area contributed by atoms with Gasteiger partial charge in [-0.15, -0.1) is 0 Å². The molecule has 0 unspecified atom stereocenters. The van der Waals surface area contributed by atoms with Gasteiger partial charge in [-0.25, -0.2) is 0 Å². The van der Waals surface area contributed by atoms with Gasteiger partial charge < -0.3 is 17.2 Å². The third kappa shape index (κ3) is 1.66. The van der Waals surface area contributed by atoms with E-state index in [1.165, 1.54) is 0 Å². The SMILES string of the molecule is NC(=O)Cc1cccc(N)c1N. The predicted octanol–water partition coefficient (Wildman–Crippen LogP) is -0.121. The second-order valence-electron chi connectivity index (χ2n) is 2.56. The van der Waals surface area contributed by atoms with Crippen molar-refractivity contribution in [1.29, 1.82) is 0 Å². The maximum atomic E-state index is 10.6. The summed E-state index contributed by atoms with van der Waals surface area (Å²) in [7, 11) is 0. The largest absolute Gasteiger partial charge is 0.397 e. The molecule has 0 heterocycles. The second kappa shape index (κ2) is 3.13. The van der Waals surface area contributed by atoms with Crippen molar-refractivity contribution < 1.29 is 4.79 Å². The highest BCUT2D eigenvalue weighted by Crippen LogP contribution is 2.19. The molecule has 64 valence electrons. The molecule has 0 aromatic heterocycles. The molecule has 0 spiro atoms. The van der Waals surface area contributed by atoms with E-state index >= 15 is 0 Å². The lowest BCUT2D eigenvalue weighted by molar-refractivity contribution is -0.117. The van der Waals surface area contributed by atoms with E-state index in [1.807, 2.05) is 0 Å².